The largest absolute Gasteiger partial charge is 0.395 e. The van der Waals surface area contributed by atoms with Gasteiger partial charge >= 0.3 is 0 Å². The zero-order valence-corrected chi connectivity index (χ0v) is 11.6. The first-order valence-electron chi connectivity index (χ1n) is 7.87. The molecule has 2 N–H and O–H groups in total. The second kappa shape index (κ2) is 7.46. The normalized spacial score (nSPS) is 31.5. The Morgan fingerprint density at radius 3 is 2.11 bits per heavy atom. The molecule has 2 rings (SSSR count). The average Bonchev–Trinajstić information content (AvgIpc) is 2.62. The van der Waals surface area contributed by atoms with E-state index in [1.165, 1.54) is 44.9 Å². The smallest absolute Gasteiger partial charge is 0.0695 e. The number of hydrogen-bond acceptors (Lipinski definition) is 3. The van der Waals surface area contributed by atoms with E-state index < -0.39 is 0 Å². The minimum atomic E-state index is -0.180. The van der Waals surface area contributed by atoms with Crippen molar-refractivity contribution in [1.82, 2.24) is 4.90 Å². The molecule has 18 heavy (non-hydrogen) atoms. The lowest BCUT2D eigenvalue weighted by molar-refractivity contribution is 0.000953. The number of hydrogen-bond donors (Lipinski definition) is 2. The lowest BCUT2D eigenvalue weighted by Crippen LogP contribution is -2.50. The van der Waals surface area contributed by atoms with Gasteiger partial charge in [-0.2, -0.15) is 0 Å². The molecule has 0 heterocycles. The van der Waals surface area contributed by atoms with E-state index in [0.717, 1.165) is 25.8 Å². The lowest BCUT2D eigenvalue weighted by Gasteiger charge is -2.41. The molecule has 2 aliphatic carbocycles. The maximum Gasteiger partial charge on any atom is 0.0695 e. The quantitative estimate of drug-likeness (QED) is 0.758. The van der Waals surface area contributed by atoms with Gasteiger partial charge in [0.05, 0.1) is 12.7 Å². The standard InChI is InChI=1S/C15H29NO2/c17-12-11-16(13-7-3-1-4-8-13)14-9-5-2-6-10-15(14)18/h13-15,17-18H,1-12H2. The maximum absolute atomic E-state index is 10.4. The molecule has 2 fully saturated rings. The van der Waals surface area contributed by atoms with Crippen LogP contribution in [0, 0.1) is 0 Å². The number of nitrogens with zero attached hydrogens (tertiary/aromatic N) is 1. The Hall–Kier alpha value is -0.120. The van der Waals surface area contributed by atoms with Crippen molar-refractivity contribution in [3.63, 3.8) is 0 Å². The van der Waals surface area contributed by atoms with E-state index in [1.54, 1.807) is 0 Å². The first kappa shape index (κ1) is 14.3. The Balaban J connectivity index is 2.01. The van der Waals surface area contributed by atoms with Gasteiger partial charge in [-0.3, -0.25) is 4.90 Å². The molecule has 2 aliphatic rings. The summed E-state index contributed by atoms with van der Waals surface area (Å²) in [4.78, 5) is 2.44. The number of rotatable bonds is 4. The molecule has 3 heteroatoms. The van der Waals surface area contributed by atoms with E-state index in [9.17, 15) is 10.2 Å². The predicted molar refractivity (Wildman–Crippen MR) is 73.5 cm³/mol. The average molecular weight is 255 g/mol. The molecule has 0 aromatic heterocycles. The zero-order valence-electron chi connectivity index (χ0n) is 11.6. The summed E-state index contributed by atoms with van der Waals surface area (Å²) >= 11 is 0. The third-order valence-electron chi connectivity index (χ3n) is 4.77. The first-order valence-corrected chi connectivity index (χ1v) is 7.87. The molecule has 0 spiro atoms. The third-order valence-corrected chi connectivity index (χ3v) is 4.77. The SMILES string of the molecule is OCCN(C1CCCCC1)C1CCCCCC1O. The van der Waals surface area contributed by atoms with Crippen molar-refractivity contribution in [3.8, 4) is 0 Å². The van der Waals surface area contributed by atoms with Gasteiger partial charge in [0.15, 0.2) is 0 Å². The van der Waals surface area contributed by atoms with Gasteiger partial charge < -0.3 is 10.2 Å². The summed E-state index contributed by atoms with van der Waals surface area (Å²) in [5.41, 5.74) is 0. The summed E-state index contributed by atoms with van der Waals surface area (Å²) in [7, 11) is 0. The fraction of sp³-hybridized carbons (Fsp3) is 1.00. The molecular formula is C15H29NO2. The molecule has 0 aromatic rings. The van der Waals surface area contributed by atoms with Gasteiger partial charge in [0, 0.05) is 18.6 Å². The summed E-state index contributed by atoms with van der Waals surface area (Å²) in [5, 5.41) is 19.7. The van der Waals surface area contributed by atoms with Gasteiger partial charge in [-0.05, 0) is 25.7 Å². The molecule has 3 nitrogen and oxygen atoms in total. The molecule has 0 saturated heterocycles. The van der Waals surface area contributed by atoms with Crippen molar-refractivity contribution in [3.05, 3.63) is 0 Å². The van der Waals surface area contributed by atoms with Crippen molar-refractivity contribution in [2.45, 2.75) is 82.4 Å². The molecule has 2 unspecified atom stereocenters. The fourth-order valence-corrected chi connectivity index (χ4v) is 3.80. The molecule has 0 bridgehead atoms. The molecule has 0 aromatic carbocycles. The van der Waals surface area contributed by atoms with Crippen LogP contribution in [-0.2, 0) is 0 Å². The molecule has 0 amide bonds. The van der Waals surface area contributed by atoms with E-state index in [1.807, 2.05) is 0 Å². The monoisotopic (exact) mass is 255 g/mol. The van der Waals surface area contributed by atoms with E-state index >= 15 is 0 Å². The van der Waals surface area contributed by atoms with Crippen LogP contribution in [0.2, 0.25) is 0 Å². The number of aliphatic hydroxyl groups is 2. The highest BCUT2D eigenvalue weighted by Crippen LogP contribution is 2.29. The second-order valence-corrected chi connectivity index (χ2v) is 6.03. The minimum Gasteiger partial charge on any atom is -0.395 e. The Morgan fingerprint density at radius 1 is 0.833 bits per heavy atom. The van der Waals surface area contributed by atoms with Crippen molar-refractivity contribution in [2.75, 3.05) is 13.2 Å². The van der Waals surface area contributed by atoms with Crippen LogP contribution in [0.15, 0.2) is 0 Å². The van der Waals surface area contributed by atoms with Gasteiger partial charge in [0.25, 0.3) is 0 Å². The van der Waals surface area contributed by atoms with Gasteiger partial charge in [-0.1, -0.05) is 38.5 Å². The van der Waals surface area contributed by atoms with Crippen molar-refractivity contribution in [1.29, 1.82) is 0 Å². The van der Waals surface area contributed by atoms with Crippen LogP contribution in [0.3, 0.4) is 0 Å². The molecule has 0 radical (unpaired) electrons. The van der Waals surface area contributed by atoms with Crippen LogP contribution in [0.25, 0.3) is 0 Å². The maximum atomic E-state index is 10.4. The lowest BCUT2D eigenvalue weighted by atomic mass is 9.91. The van der Waals surface area contributed by atoms with E-state index in [-0.39, 0.29) is 12.7 Å². The predicted octanol–water partition coefficient (Wildman–Crippen LogP) is 2.31. The highest BCUT2D eigenvalue weighted by atomic mass is 16.3. The highest BCUT2D eigenvalue weighted by Gasteiger charge is 2.32. The summed E-state index contributed by atoms with van der Waals surface area (Å²) in [6.07, 6.45) is 12.0. The zero-order chi connectivity index (χ0) is 12.8. The Labute approximate surface area is 111 Å². The molecular weight excluding hydrogens is 226 g/mol. The molecule has 2 saturated carbocycles. The second-order valence-electron chi connectivity index (χ2n) is 6.03. The third kappa shape index (κ3) is 3.69. The van der Waals surface area contributed by atoms with Gasteiger partial charge in [-0.15, -0.1) is 0 Å². The fourth-order valence-electron chi connectivity index (χ4n) is 3.80. The van der Waals surface area contributed by atoms with Crippen LogP contribution in [0.1, 0.15) is 64.2 Å². The van der Waals surface area contributed by atoms with E-state index in [2.05, 4.69) is 4.90 Å². The Morgan fingerprint density at radius 2 is 1.44 bits per heavy atom. The van der Waals surface area contributed by atoms with Crippen LogP contribution in [0.5, 0.6) is 0 Å². The minimum absolute atomic E-state index is 0.180. The molecule has 106 valence electrons. The van der Waals surface area contributed by atoms with E-state index in [0.29, 0.717) is 12.1 Å². The Kier molecular flexibility index (Phi) is 5.93. The van der Waals surface area contributed by atoms with Crippen LogP contribution in [0.4, 0.5) is 0 Å². The summed E-state index contributed by atoms with van der Waals surface area (Å²) in [6.45, 7) is 0.964. The Bertz CT molecular complexity index is 229. The molecule has 2 atom stereocenters. The van der Waals surface area contributed by atoms with Gasteiger partial charge in [-0.25, -0.2) is 0 Å². The van der Waals surface area contributed by atoms with E-state index in [4.69, 9.17) is 0 Å². The van der Waals surface area contributed by atoms with Gasteiger partial charge in [0.1, 0.15) is 0 Å². The summed E-state index contributed by atoms with van der Waals surface area (Å²) < 4.78 is 0. The van der Waals surface area contributed by atoms with Crippen LogP contribution < -0.4 is 0 Å². The number of aliphatic hydroxyl groups excluding tert-OH is 2. The topological polar surface area (TPSA) is 43.7 Å². The van der Waals surface area contributed by atoms with Crippen LogP contribution >= 0.6 is 0 Å². The van der Waals surface area contributed by atoms with Crippen LogP contribution in [-0.4, -0.2) is 46.5 Å². The van der Waals surface area contributed by atoms with Crippen molar-refractivity contribution in [2.24, 2.45) is 0 Å². The first-order chi connectivity index (χ1) is 8.83. The summed E-state index contributed by atoms with van der Waals surface area (Å²) in [6, 6.07) is 0.895. The van der Waals surface area contributed by atoms with Gasteiger partial charge in [0.2, 0.25) is 0 Å². The van der Waals surface area contributed by atoms with Crippen molar-refractivity contribution >= 4 is 0 Å². The molecule has 0 aliphatic heterocycles. The summed E-state index contributed by atoms with van der Waals surface area (Å²) in [5.74, 6) is 0. The van der Waals surface area contributed by atoms with Crippen molar-refractivity contribution < 1.29 is 10.2 Å². The highest BCUT2D eigenvalue weighted by molar-refractivity contribution is 4.87.